The van der Waals surface area contributed by atoms with Gasteiger partial charge in [0.2, 0.25) is 0 Å². The number of aromatic nitrogens is 3. The van der Waals surface area contributed by atoms with E-state index in [9.17, 15) is 0 Å². The number of nitrogens with one attached hydrogen (secondary N) is 1. The van der Waals surface area contributed by atoms with Crippen LogP contribution in [-0.2, 0) is 13.1 Å². The third kappa shape index (κ3) is 6.14. The van der Waals surface area contributed by atoms with Crippen LogP contribution in [0.15, 0.2) is 6.33 Å². The van der Waals surface area contributed by atoms with Crippen LogP contribution in [0.2, 0.25) is 0 Å². The van der Waals surface area contributed by atoms with Gasteiger partial charge in [0.1, 0.15) is 12.2 Å². The smallest absolute Gasteiger partial charge is 0.141 e. The van der Waals surface area contributed by atoms with Crippen molar-refractivity contribution in [3.05, 3.63) is 12.2 Å². The lowest BCUT2D eigenvalue weighted by molar-refractivity contribution is 0.231. The van der Waals surface area contributed by atoms with Crippen LogP contribution in [0, 0.1) is 17.2 Å². The fourth-order valence-electron chi connectivity index (χ4n) is 2.14. The summed E-state index contributed by atoms with van der Waals surface area (Å²) in [7, 11) is 0. The molecule has 6 heteroatoms. The first-order valence-corrected chi connectivity index (χ1v) is 7.30. The normalized spacial score (nSPS) is 11.8. The van der Waals surface area contributed by atoms with Crippen LogP contribution in [0.5, 0.6) is 0 Å². The number of nitrogens with zero attached hydrogens (tertiary/aromatic N) is 4. The maximum absolute atomic E-state index is 7.37. The summed E-state index contributed by atoms with van der Waals surface area (Å²) in [4.78, 5) is 6.67. The van der Waals surface area contributed by atoms with Gasteiger partial charge in [-0.15, -0.1) is 0 Å². The third-order valence-corrected chi connectivity index (χ3v) is 2.92. The van der Waals surface area contributed by atoms with E-state index >= 15 is 0 Å². The minimum absolute atomic E-state index is 0.238. The highest BCUT2D eigenvalue weighted by molar-refractivity contribution is 5.76. The second kappa shape index (κ2) is 7.99. The lowest BCUT2D eigenvalue weighted by atomic mass is 10.2. The Balaban J connectivity index is 2.67. The molecule has 0 saturated carbocycles. The summed E-state index contributed by atoms with van der Waals surface area (Å²) in [5.74, 6) is 2.35. The fraction of sp³-hybridized carbons (Fsp3) is 0.786. The molecule has 0 fully saturated rings. The van der Waals surface area contributed by atoms with E-state index in [1.807, 2.05) is 4.68 Å². The van der Waals surface area contributed by atoms with Crippen molar-refractivity contribution in [1.82, 2.24) is 19.7 Å². The predicted octanol–water partition coefficient (Wildman–Crippen LogP) is 1.72. The molecule has 1 rings (SSSR count). The number of rotatable bonds is 9. The highest BCUT2D eigenvalue weighted by Gasteiger charge is 2.13. The van der Waals surface area contributed by atoms with Gasteiger partial charge in [0.25, 0.3) is 0 Å². The monoisotopic (exact) mass is 280 g/mol. The molecule has 0 unspecified atom stereocenters. The van der Waals surface area contributed by atoms with Crippen molar-refractivity contribution in [3.8, 4) is 0 Å². The van der Waals surface area contributed by atoms with Crippen molar-refractivity contribution in [2.45, 2.75) is 47.2 Å². The molecular formula is C14H28N6. The Kier molecular flexibility index (Phi) is 6.64. The van der Waals surface area contributed by atoms with Crippen molar-refractivity contribution in [3.63, 3.8) is 0 Å². The van der Waals surface area contributed by atoms with Crippen molar-refractivity contribution >= 4 is 5.84 Å². The highest BCUT2D eigenvalue weighted by Crippen LogP contribution is 2.08. The van der Waals surface area contributed by atoms with Gasteiger partial charge in [0.15, 0.2) is 0 Å². The SMILES string of the molecule is CC(C)CN(CCC(=N)N)Cc1ncnn1CC(C)C. The van der Waals surface area contributed by atoms with Gasteiger partial charge in [0, 0.05) is 26.1 Å². The Labute approximate surface area is 121 Å². The average molecular weight is 280 g/mol. The second-order valence-electron chi connectivity index (χ2n) is 6.16. The van der Waals surface area contributed by atoms with Crippen LogP contribution < -0.4 is 5.73 Å². The molecule has 1 aromatic rings. The van der Waals surface area contributed by atoms with E-state index in [-0.39, 0.29) is 5.84 Å². The first kappa shape index (κ1) is 16.6. The first-order valence-electron chi connectivity index (χ1n) is 7.30. The summed E-state index contributed by atoms with van der Waals surface area (Å²) in [6.07, 6.45) is 2.22. The molecule has 6 nitrogen and oxygen atoms in total. The fourth-order valence-corrected chi connectivity index (χ4v) is 2.14. The summed E-state index contributed by atoms with van der Waals surface area (Å²) >= 11 is 0. The van der Waals surface area contributed by atoms with Crippen LogP contribution in [0.4, 0.5) is 0 Å². The van der Waals surface area contributed by atoms with E-state index in [1.165, 1.54) is 0 Å². The number of hydrogen-bond donors (Lipinski definition) is 2. The van der Waals surface area contributed by atoms with Crippen LogP contribution in [-0.4, -0.2) is 38.6 Å². The molecule has 0 saturated heterocycles. The summed E-state index contributed by atoms with van der Waals surface area (Å²) in [6, 6.07) is 0. The molecular weight excluding hydrogens is 252 g/mol. The minimum atomic E-state index is 0.238. The molecule has 3 N–H and O–H groups in total. The van der Waals surface area contributed by atoms with Gasteiger partial charge in [-0.05, 0) is 11.8 Å². The molecule has 114 valence electrons. The number of nitrogens with two attached hydrogens (primary N) is 1. The second-order valence-corrected chi connectivity index (χ2v) is 6.16. The first-order chi connectivity index (χ1) is 9.38. The van der Waals surface area contributed by atoms with Gasteiger partial charge in [0.05, 0.1) is 12.4 Å². The molecule has 0 atom stereocenters. The standard InChI is InChI=1S/C14H28N6/c1-11(2)7-19(6-5-13(15)16)9-14-17-10-18-20(14)8-12(3)4/h10-12H,5-9H2,1-4H3,(H3,15,16). The zero-order valence-electron chi connectivity index (χ0n) is 13.1. The van der Waals surface area contributed by atoms with Crippen LogP contribution >= 0.6 is 0 Å². The summed E-state index contributed by atoms with van der Waals surface area (Å²) < 4.78 is 1.98. The van der Waals surface area contributed by atoms with Crippen molar-refractivity contribution in [2.24, 2.45) is 17.6 Å². The van der Waals surface area contributed by atoms with Gasteiger partial charge < -0.3 is 5.73 Å². The lowest BCUT2D eigenvalue weighted by Crippen LogP contribution is -2.32. The molecule has 0 aliphatic carbocycles. The van der Waals surface area contributed by atoms with E-state index < -0.39 is 0 Å². The summed E-state index contributed by atoms with van der Waals surface area (Å²) in [5, 5.41) is 11.7. The van der Waals surface area contributed by atoms with E-state index in [0.717, 1.165) is 32.0 Å². The molecule has 1 heterocycles. The van der Waals surface area contributed by atoms with E-state index in [2.05, 4.69) is 42.7 Å². The highest BCUT2D eigenvalue weighted by atomic mass is 15.3. The van der Waals surface area contributed by atoms with E-state index in [4.69, 9.17) is 11.1 Å². The van der Waals surface area contributed by atoms with Gasteiger partial charge in [-0.1, -0.05) is 27.7 Å². The van der Waals surface area contributed by atoms with Crippen molar-refractivity contribution in [1.29, 1.82) is 5.41 Å². The minimum Gasteiger partial charge on any atom is -0.388 e. The number of amidine groups is 1. The summed E-state index contributed by atoms with van der Waals surface area (Å²) in [5.41, 5.74) is 5.46. The Morgan fingerprint density at radius 2 is 2.05 bits per heavy atom. The lowest BCUT2D eigenvalue weighted by Gasteiger charge is -2.24. The largest absolute Gasteiger partial charge is 0.388 e. The third-order valence-electron chi connectivity index (χ3n) is 2.92. The van der Waals surface area contributed by atoms with Crippen LogP contribution in [0.25, 0.3) is 0 Å². The van der Waals surface area contributed by atoms with Gasteiger partial charge in [-0.2, -0.15) is 5.10 Å². The van der Waals surface area contributed by atoms with Gasteiger partial charge >= 0.3 is 0 Å². The van der Waals surface area contributed by atoms with Crippen molar-refractivity contribution in [2.75, 3.05) is 13.1 Å². The molecule has 0 aliphatic heterocycles. The van der Waals surface area contributed by atoms with Crippen molar-refractivity contribution < 1.29 is 0 Å². The predicted molar refractivity (Wildman–Crippen MR) is 81.5 cm³/mol. The summed E-state index contributed by atoms with van der Waals surface area (Å²) in [6.45, 7) is 12.2. The Hall–Kier alpha value is -1.43. The molecule has 0 spiro atoms. The molecule has 1 aromatic heterocycles. The van der Waals surface area contributed by atoms with E-state index in [0.29, 0.717) is 18.3 Å². The molecule has 0 amide bonds. The zero-order valence-corrected chi connectivity index (χ0v) is 13.1. The quantitative estimate of drug-likeness (QED) is 0.533. The Morgan fingerprint density at radius 1 is 1.35 bits per heavy atom. The van der Waals surface area contributed by atoms with Gasteiger partial charge in [-0.25, -0.2) is 9.67 Å². The Morgan fingerprint density at radius 3 is 2.60 bits per heavy atom. The van der Waals surface area contributed by atoms with Crippen LogP contribution in [0.3, 0.4) is 0 Å². The van der Waals surface area contributed by atoms with Crippen LogP contribution in [0.1, 0.15) is 39.9 Å². The molecule has 0 aromatic carbocycles. The maximum Gasteiger partial charge on any atom is 0.141 e. The topological polar surface area (TPSA) is 83.8 Å². The number of hydrogen-bond acceptors (Lipinski definition) is 4. The zero-order chi connectivity index (χ0) is 15.1. The Bertz CT molecular complexity index is 410. The molecule has 0 radical (unpaired) electrons. The average Bonchev–Trinajstić information content (AvgIpc) is 2.72. The van der Waals surface area contributed by atoms with E-state index in [1.54, 1.807) is 6.33 Å². The van der Waals surface area contributed by atoms with Gasteiger partial charge in [-0.3, -0.25) is 10.3 Å². The molecule has 0 bridgehead atoms. The molecule has 20 heavy (non-hydrogen) atoms. The molecule has 0 aliphatic rings. The maximum atomic E-state index is 7.37.